The van der Waals surface area contributed by atoms with Gasteiger partial charge < -0.3 is 10.1 Å². The summed E-state index contributed by atoms with van der Waals surface area (Å²) in [4.78, 5) is 0. The molecule has 0 aliphatic heterocycles. The molecule has 1 aromatic carbocycles. The fourth-order valence-electron chi connectivity index (χ4n) is 1.42. The number of ether oxygens (including phenoxy) is 1. The number of methoxy groups -OCH3 is 1. The molecule has 3 heteroatoms. The third kappa shape index (κ3) is 4.33. The van der Waals surface area contributed by atoms with E-state index in [1.165, 1.54) is 11.1 Å². The molecule has 1 N–H and O–H groups in total. The lowest BCUT2D eigenvalue weighted by atomic mass is 10.1. The van der Waals surface area contributed by atoms with Gasteiger partial charge in [-0.3, -0.25) is 0 Å². The van der Waals surface area contributed by atoms with Gasteiger partial charge in [0, 0.05) is 24.2 Å². The summed E-state index contributed by atoms with van der Waals surface area (Å²) in [7, 11) is 1.72. The van der Waals surface area contributed by atoms with E-state index in [1.54, 1.807) is 7.11 Å². The molecule has 0 aliphatic rings. The molecule has 0 amide bonds. The van der Waals surface area contributed by atoms with Crippen LogP contribution in [0.2, 0.25) is 0 Å². The molecule has 0 saturated carbocycles. The average molecular weight is 272 g/mol. The van der Waals surface area contributed by atoms with Crippen LogP contribution in [0.4, 0.5) is 0 Å². The third-order valence-corrected chi connectivity index (χ3v) is 3.18. The Balaban J connectivity index is 2.47. The third-order valence-electron chi connectivity index (χ3n) is 2.29. The molecule has 0 radical (unpaired) electrons. The van der Waals surface area contributed by atoms with E-state index in [2.05, 4.69) is 53.3 Å². The molecule has 1 aromatic rings. The van der Waals surface area contributed by atoms with Gasteiger partial charge in [0.15, 0.2) is 0 Å². The highest BCUT2D eigenvalue weighted by molar-refractivity contribution is 9.10. The van der Waals surface area contributed by atoms with Crippen molar-refractivity contribution in [3.8, 4) is 0 Å². The lowest BCUT2D eigenvalue weighted by Gasteiger charge is -2.13. The maximum absolute atomic E-state index is 5.06. The van der Waals surface area contributed by atoms with Crippen LogP contribution in [0.5, 0.6) is 0 Å². The molecule has 0 bridgehead atoms. The molecule has 0 unspecified atom stereocenters. The van der Waals surface area contributed by atoms with Crippen molar-refractivity contribution in [2.24, 2.45) is 0 Å². The van der Waals surface area contributed by atoms with E-state index in [1.807, 2.05) is 0 Å². The Morgan fingerprint density at radius 3 is 2.80 bits per heavy atom. The maximum Gasteiger partial charge on any atom is 0.0613 e. The molecule has 15 heavy (non-hydrogen) atoms. The quantitative estimate of drug-likeness (QED) is 0.890. The first kappa shape index (κ1) is 12.7. The van der Waals surface area contributed by atoms with Gasteiger partial charge in [0.25, 0.3) is 0 Å². The van der Waals surface area contributed by atoms with Gasteiger partial charge in [-0.2, -0.15) is 0 Å². The fourth-order valence-corrected chi connectivity index (χ4v) is 1.66. The summed E-state index contributed by atoms with van der Waals surface area (Å²) in [6.45, 7) is 5.86. The van der Waals surface area contributed by atoms with Crippen LogP contribution in [0.15, 0.2) is 22.7 Å². The van der Waals surface area contributed by atoms with Gasteiger partial charge in [0.2, 0.25) is 0 Å². The molecule has 0 heterocycles. The second-order valence-electron chi connectivity index (χ2n) is 3.82. The smallest absolute Gasteiger partial charge is 0.0613 e. The van der Waals surface area contributed by atoms with Crippen molar-refractivity contribution in [1.29, 1.82) is 0 Å². The van der Waals surface area contributed by atoms with Gasteiger partial charge in [0.05, 0.1) is 6.61 Å². The zero-order chi connectivity index (χ0) is 11.3. The van der Waals surface area contributed by atoms with Crippen molar-refractivity contribution < 1.29 is 4.74 Å². The first-order valence-electron chi connectivity index (χ1n) is 5.11. The van der Waals surface area contributed by atoms with Crippen molar-refractivity contribution in [2.75, 3.05) is 13.7 Å². The highest BCUT2D eigenvalue weighted by Gasteiger charge is 2.01. The van der Waals surface area contributed by atoms with E-state index in [-0.39, 0.29) is 0 Å². The standard InChI is InChI=1S/C12H18BrNO/c1-9-6-11(4-5-12(9)13)7-14-10(2)8-15-3/h4-6,10,14H,7-8H2,1-3H3/t10-/m0/s1. The molecule has 0 fully saturated rings. The van der Waals surface area contributed by atoms with Crippen LogP contribution < -0.4 is 5.32 Å². The number of hydrogen-bond acceptors (Lipinski definition) is 2. The lowest BCUT2D eigenvalue weighted by molar-refractivity contribution is 0.171. The van der Waals surface area contributed by atoms with E-state index >= 15 is 0 Å². The molecular weight excluding hydrogens is 254 g/mol. The van der Waals surface area contributed by atoms with Crippen LogP contribution in [0.25, 0.3) is 0 Å². The SMILES string of the molecule is COC[C@H](C)NCc1ccc(Br)c(C)c1. The van der Waals surface area contributed by atoms with E-state index < -0.39 is 0 Å². The van der Waals surface area contributed by atoms with Gasteiger partial charge in [-0.15, -0.1) is 0 Å². The molecule has 1 rings (SSSR count). The van der Waals surface area contributed by atoms with Gasteiger partial charge in [-0.05, 0) is 31.0 Å². The highest BCUT2D eigenvalue weighted by Crippen LogP contribution is 2.16. The summed E-state index contributed by atoms with van der Waals surface area (Å²) in [5.74, 6) is 0. The van der Waals surface area contributed by atoms with Crippen molar-refractivity contribution in [2.45, 2.75) is 26.4 Å². The average Bonchev–Trinajstić information content (AvgIpc) is 2.20. The molecule has 1 atom stereocenters. The zero-order valence-corrected chi connectivity index (χ0v) is 11.1. The minimum absolute atomic E-state index is 0.388. The van der Waals surface area contributed by atoms with E-state index in [0.29, 0.717) is 6.04 Å². The van der Waals surface area contributed by atoms with Gasteiger partial charge in [-0.25, -0.2) is 0 Å². The predicted molar refractivity (Wildman–Crippen MR) is 67.1 cm³/mol. The number of nitrogens with one attached hydrogen (secondary N) is 1. The Bertz CT molecular complexity index is 314. The minimum atomic E-state index is 0.388. The number of halogens is 1. The normalized spacial score (nSPS) is 12.8. The summed E-state index contributed by atoms with van der Waals surface area (Å²) in [6.07, 6.45) is 0. The van der Waals surface area contributed by atoms with Gasteiger partial charge in [-0.1, -0.05) is 28.1 Å². The summed E-state index contributed by atoms with van der Waals surface area (Å²) in [6, 6.07) is 6.80. The Labute approximate surface area is 100 Å². The first-order valence-corrected chi connectivity index (χ1v) is 5.90. The van der Waals surface area contributed by atoms with E-state index in [0.717, 1.165) is 17.6 Å². The Hall–Kier alpha value is -0.380. The topological polar surface area (TPSA) is 21.3 Å². The highest BCUT2D eigenvalue weighted by atomic mass is 79.9. The lowest BCUT2D eigenvalue weighted by Crippen LogP contribution is -2.29. The molecule has 0 aromatic heterocycles. The summed E-state index contributed by atoms with van der Waals surface area (Å²) in [5, 5.41) is 3.41. The van der Waals surface area contributed by atoms with Crippen LogP contribution in [0, 0.1) is 6.92 Å². The molecular formula is C12H18BrNO. The van der Waals surface area contributed by atoms with Crippen LogP contribution >= 0.6 is 15.9 Å². The Kier molecular flexibility index (Phi) is 5.29. The summed E-state index contributed by atoms with van der Waals surface area (Å²) >= 11 is 3.49. The Morgan fingerprint density at radius 1 is 1.47 bits per heavy atom. The summed E-state index contributed by atoms with van der Waals surface area (Å²) < 4.78 is 6.23. The van der Waals surface area contributed by atoms with Crippen molar-refractivity contribution in [3.63, 3.8) is 0 Å². The van der Waals surface area contributed by atoms with Crippen molar-refractivity contribution >= 4 is 15.9 Å². The predicted octanol–water partition coefficient (Wildman–Crippen LogP) is 2.88. The second-order valence-corrected chi connectivity index (χ2v) is 4.68. The fraction of sp³-hybridized carbons (Fsp3) is 0.500. The summed E-state index contributed by atoms with van der Waals surface area (Å²) in [5.41, 5.74) is 2.58. The molecule has 84 valence electrons. The molecule has 0 spiro atoms. The maximum atomic E-state index is 5.06. The number of benzene rings is 1. The molecule has 0 saturated heterocycles. The largest absolute Gasteiger partial charge is 0.383 e. The first-order chi connectivity index (χ1) is 7.13. The van der Waals surface area contributed by atoms with Crippen LogP contribution in [-0.2, 0) is 11.3 Å². The van der Waals surface area contributed by atoms with Crippen molar-refractivity contribution in [1.82, 2.24) is 5.32 Å². The molecule has 2 nitrogen and oxygen atoms in total. The number of aryl methyl sites for hydroxylation is 1. The minimum Gasteiger partial charge on any atom is -0.383 e. The Morgan fingerprint density at radius 2 is 2.20 bits per heavy atom. The van der Waals surface area contributed by atoms with Gasteiger partial charge >= 0.3 is 0 Å². The number of rotatable bonds is 5. The van der Waals surface area contributed by atoms with Gasteiger partial charge in [0.1, 0.15) is 0 Å². The molecule has 0 aliphatic carbocycles. The van der Waals surface area contributed by atoms with E-state index in [9.17, 15) is 0 Å². The zero-order valence-electron chi connectivity index (χ0n) is 9.51. The second kappa shape index (κ2) is 6.26. The monoisotopic (exact) mass is 271 g/mol. The van der Waals surface area contributed by atoms with Crippen LogP contribution in [-0.4, -0.2) is 19.8 Å². The van der Waals surface area contributed by atoms with Crippen LogP contribution in [0.1, 0.15) is 18.1 Å². The van der Waals surface area contributed by atoms with E-state index in [4.69, 9.17) is 4.74 Å². The van der Waals surface area contributed by atoms with Crippen LogP contribution in [0.3, 0.4) is 0 Å². The number of hydrogen-bond donors (Lipinski definition) is 1. The van der Waals surface area contributed by atoms with Crippen molar-refractivity contribution in [3.05, 3.63) is 33.8 Å².